The van der Waals surface area contributed by atoms with Crippen LogP contribution in [0.4, 0.5) is 0 Å². The van der Waals surface area contributed by atoms with Crippen molar-refractivity contribution in [1.82, 2.24) is 4.98 Å². The second-order valence-corrected chi connectivity index (χ2v) is 8.40. The molecular formula is C23H45N2+. The first kappa shape index (κ1) is 22.3. The lowest BCUT2D eigenvalue weighted by molar-refractivity contribution is -0.677. The molecule has 1 rings (SSSR count). The van der Waals surface area contributed by atoms with Gasteiger partial charge in [0.1, 0.15) is 12.4 Å². The van der Waals surface area contributed by atoms with Gasteiger partial charge in [0.05, 0.1) is 7.05 Å². The van der Waals surface area contributed by atoms with Crippen molar-refractivity contribution in [2.75, 3.05) is 0 Å². The van der Waals surface area contributed by atoms with Crippen LogP contribution in [-0.4, -0.2) is 4.98 Å². The standard InChI is InChI=1S/C23H44N2/c1-22(2)18-16-14-12-10-8-6-4-5-7-9-11-13-15-17-19-23-24-20-21-25(23)3/h20-22H,4-19H2,1-3H3/p+1. The zero-order chi connectivity index (χ0) is 18.2. The van der Waals surface area contributed by atoms with E-state index in [0.29, 0.717) is 0 Å². The molecule has 0 amide bonds. The van der Waals surface area contributed by atoms with Crippen molar-refractivity contribution in [2.45, 2.75) is 117 Å². The molecule has 1 aromatic heterocycles. The number of aryl methyl sites for hydroxylation is 2. The van der Waals surface area contributed by atoms with Crippen molar-refractivity contribution in [3.05, 3.63) is 18.2 Å². The normalized spacial score (nSPS) is 11.5. The summed E-state index contributed by atoms with van der Waals surface area (Å²) in [5.41, 5.74) is 0. The van der Waals surface area contributed by atoms with Gasteiger partial charge in [0, 0.05) is 6.42 Å². The minimum absolute atomic E-state index is 0.891. The Morgan fingerprint density at radius 3 is 1.56 bits per heavy atom. The molecule has 1 heterocycles. The third-order valence-electron chi connectivity index (χ3n) is 5.42. The number of unbranched alkanes of at least 4 members (excludes halogenated alkanes) is 13. The molecule has 0 fully saturated rings. The van der Waals surface area contributed by atoms with Crippen molar-refractivity contribution in [3.63, 3.8) is 0 Å². The molecule has 0 aliphatic heterocycles. The SMILES string of the molecule is CC(C)CCCCCCCCCCCCCCCCc1[nH]cc[n+]1C. The molecule has 0 aromatic carbocycles. The molecule has 0 unspecified atom stereocenters. The third kappa shape index (κ3) is 13.1. The van der Waals surface area contributed by atoms with E-state index in [-0.39, 0.29) is 0 Å². The number of imidazole rings is 1. The molecule has 146 valence electrons. The van der Waals surface area contributed by atoms with Crippen molar-refractivity contribution < 1.29 is 4.57 Å². The highest BCUT2D eigenvalue weighted by atomic mass is 15.0. The van der Waals surface area contributed by atoms with E-state index in [2.05, 4.69) is 36.6 Å². The fraction of sp³-hybridized carbons (Fsp3) is 0.870. The summed E-state index contributed by atoms with van der Waals surface area (Å²) in [6.45, 7) is 4.67. The Balaban J connectivity index is 1.71. The molecular weight excluding hydrogens is 304 g/mol. The zero-order valence-corrected chi connectivity index (χ0v) is 17.5. The molecule has 1 N–H and O–H groups in total. The Kier molecular flexibility index (Phi) is 13.8. The summed E-state index contributed by atoms with van der Waals surface area (Å²) in [5.74, 6) is 2.25. The first-order chi connectivity index (χ1) is 12.2. The molecule has 1 aromatic rings. The quantitative estimate of drug-likeness (QED) is 0.233. The van der Waals surface area contributed by atoms with Crippen molar-refractivity contribution in [2.24, 2.45) is 13.0 Å². The molecule has 0 radical (unpaired) electrons. The summed E-state index contributed by atoms with van der Waals surface area (Å²) in [6, 6.07) is 0. The number of nitrogens with zero attached hydrogens (tertiary/aromatic N) is 1. The van der Waals surface area contributed by atoms with Gasteiger partial charge in [0.25, 0.3) is 5.82 Å². The minimum atomic E-state index is 0.891. The molecule has 0 atom stereocenters. The average Bonchev–Trinajstić information content (AvgIpc) is 2.99. The van der Waals surface area contributed by atoms with E-state index in [1.807, 2.05) is 6.20 Å². The van der Waals surface area contributed by atoms with E-state index in [9.17, 15) is 0 Å². The fourth-order valence-electron chi connectivity index (χ4n) is 3.65. The maximum Gasteiger partial charge on any atom is 0.253 e. The highest BCUT2D eigenvalue weighted by Gasteiger charge is 2.04. The Hall–Kier alpha value is -0.790. The summed E-state index contributed by atoms with van der Waals surface area (Å²) in [6.07, 6.45) is 26.9. The molecule has 2 nitrogen and oxygen atoms in total. The Bertz CT molecular complexity index is 395. The van der Waals surface area contributed by atoms with Gasteiger partial charge >= 0.3 is 0 Å². The topological polar surface area (TPSA) is 19.7 Å². The number of hydrogen-bond acceptors (Lipinski definition) is 0. The Morgan fingerprint density at radius 2 is 1.16 bits per heavy atom. The predicted molar refractivity (Wildman–Crippen MR) is 110 cm³/mol. The third-order valence-corrected chi connectivity index (χ3v) is 5.42. The smallest absolute Gasteiger partial charge is 0.248 e. The number of aromatic nitrogens is 2. The van der Waals surface area contributed by atoms with Gasteiger partial charge in [0.15, 0.2) is 0 Å². The van der Waals surface area contributed by atoms with E-state index in [4.69, 9.17) is 0 Å². The Labute approximate surface area is 157 Å². The van der Waals surface area contributed by atoms with Gasteiger partial charge in [-0.3, -0.25) is 0 Å². The van der Waals surface area contributed by atoms with Crippen LogP contribution in [0.3, 0.4) is 0 Å². The number of hydrogen-bond donors (Lipinski definition) is 1. The summed E-state index contributed by atoms with van der Waals surface area (Å²) >= 11 is 0. The highest BCUT2D eigenvalue weighted by molar-refractivity contribution is 4.76. The molecule has 0 spiro atoms. The first-order valence-corrected chi connectivity index (χ1v) is 11.2. The fourth-order valence-corrected chi connectivity index (χ4v) is 3.65. The second-order valence-electron chi connectivity index (χ2n) is 8.40. The largest absolute Gasteiger partial charge is 0.253 e. The van der Waals surface area contributed by atoms with Gasteiger partial charge in [0.2, 0.25) is 0 Å². The molecule has 0 saturated carbocycles. The van der Waals surface area contributed by atoms with Crippen LogP contribution in [0.1, 0.15) is 116 Å². The van der Waals surface area contributed by atoms with Crippen LogP contribution in [0.15, 0.2) is 12.4 Å². The molecule has 0 aliphatic rings. The van der Waals surface area contributed by atoms with Crippen LogP contribution < -0.4 is 4.57 Å². The second kappa shape index (κ2) is 15.5. The summed E-state index contributed by atoms with van der Waals surface area (Å²) in [4.78, 5) is 3.32. The molecule has 0 saturated heterocycles. The molecule has 25 heavy (non-hydrogen) atoms. The van der Waals surface area contributed by atoms with Gasteiger partial charge in [-0.2, -0.15) is 0 Å². The number of rotatable bonds is 17. The van der Waals surface area contributed by atoms with Crippen LogP contribution in [-0.2, 0) is 13.5 Å². The summed E-state index contributed by atoms with van der Waals surface area (Å²) in [7, 11) is 2.12. The zero-order valence-electron chi connectivity index (χ0n) is 17.5. The molecule has 0 aliphatic carbocycles. The van der Waals surface area contributed by atoms with E-state index in [1.54, 1.807) is 0 Å². The molecule has 2 heteroatoms. The minimum Gasteiger partial charge on any atom is -0.248 e. The average molecular weight is 350 g/mol. The van der Waals surface area contributed by atoms with E-state index in [1.165, 1.54) is 109 Å². The monoisotopic (exact) mass is 349 g/mol. The van der Waals surface area contributed by atoms with E-state index >= 15 is 0 Å². The van der Waals surface area contributed by atoms with E-state index in [0.717, 1.165) is 5.92 Å². The number of aromatic amines is 1. The lowest BCUT2D eigenvalue weighted by Crippen LogP contribution is -2.30. The van der Waals surface area contributed by atoms with Crippen LogP contribution in [0.25, 0.3) is 0 Å². The maximum absolute atomic E-state index is 3.32. The highest BCUT2D eigenvalue weighted by Crippen LogP contribution is 2.14. The summed E-state index contributed by atoms with van der Waals surface area (Å²) < 4.78 is 2.20. The number of H-pyrrole nitrogens is 1. The van der Waals surface area contributed by atoms with Gasteiger partial charge in [-0.05, 0) is 12.3 Å². The first-order valence-electron chi connectivity index (χ1n) is 11.2. The van der Waals surface area contributed by atoms with Crippen LogP contribution in [0, 0.1) is 5.92 Å². The lowest BCUT2D eigenvalue weighted by atomic mass is 10.0. The van der Waals surface area contributed by atoms with Gasteiger partial charge < -0.3 is 0 Å². The number of nitrogens with one attached hydrogen (secondary N) is 1. The van der Waals surface area contributed by atoms with Gasteiger partial charge in [-0.15, -0.1) is 0 Å². The lowest BCUT2D eigenvalue weighted by Gasteiger charge is -2.05. The Morgan fingerprint density at radius 1 is 0.720 bits per heavy atom. The van der Waals surface area contributed by atoms with Crippen molar-refractivity contribution >= 4 is 0 Å². The van der Waals surface area contributed by atoms with Crippen molar-refractivity contribution in [3.8, 4) is 0 Å². The maximum atomic E-state index is 3.32. The molecule has 0 bridgehead atoms. The van der Waals surface area contributed by atoms with Gasteiger partial charge in [-0.1, -0.05) is 104 Å². The van der Waals surface area contributed by atoms with Crippen molar-refractivity contribution in [1.29, 1.82) is 0 Å². The van der Waals surface area contributed by atoms with Crippen LogP contribution in [0.2, 0.25) is 0 Å². The predicted octanol–water partition coefficient (Wildman–Crippen LogP) is 6.89. The van der Waals surface area contributed by atoms with Crippen LogP contribution in [0.5, 0.6) is 0 Å². The van der Waals surface area contributed by atoms with Crippen LogP contribution >= 0.6 is 0 Å². The van der Waals surface area contributed by atoms with E-state index < -0.39 is 0 Å². The summed E-state index contributed by atoms with van der Waals surface area (Å²) in [5, 5.41) is 0. The van der Waals surface area contributed by atoms with Gasteiger partial charge in [-0.25, -0.2) is 9.55 Å².